The van der Waals surface area contributed by atoms with E-state index in [1.165, 1.54) is 11.1 Å². The summed E-state index contributed by atoms with van der Waals surface area (Å²) in [7, 11) is 0. The Bertz CT molecular complexity index is 333. The van der Waals surface area contributed by atoms with Gasteiger partial charge in [0.15, 0.2) is 0 Å². The minimum Gasteiger partial charge on any atom is -0.494 e. The summed E-state index contributed by atoms with van der Waals surface area (Å²) in [6.45, 7) is 6.88. The Labute approximate surface area is 84.8 Å². The van der Waals surface area contributed by atoms with Gasteiger partial charge in [-0.05, 0) is 44.0 Å². The van der Waals surface area contributed by atoms with Crippen molar-refractivity contribution in [1.29, 1.82) is 0 Å². The number of hydrogen-bond donors (Lipinski definition) is 0. The minimum atomic E-state index is 0.310. The average molecular weight is 192 g/mol. The van der Waals surface area contributed by atoms with Gasteiger partial charge < -0.3 is 9.47 Å². The van der Waals surface area contributed by atoms with Crippen LogP contribution in [0.15, 0.2) is 18.2 Å². The first-order valence-corrected chi connectivity index (χ1v) is 5.11. The van der Waals surface area contributed by atoms with Crippen molar-refractivity contribution in [3.05, 3.63) is 29.3 Å². The zero-order chi connectivity index (χ0) is 10.1. The lowest BCUT2D eigenvalue weighted by molar-refractivity contribution is 0.337. The van der Waals surface area contributed by atoms with Crippen LogP contribution >= 0.6 is 0 Å². The molecule has 1 aliphatic heterocycles. The van der Waals surface area contributed by atoms with Crippen LogP contribution in [-0.4, -0.2) is 12.7 Å². The highest BCUT2D eigenvalue weighted by atomic mass is 16.6. The summed E-state index contributed by atoms with van der Waals surface area (Å²) in [6, 6.07) is 6.27. The maximum Gasteiger partial charge on any atom is 0.122 e. The lowest BCUT2D eigenvalue weighted by Crippen LogP contribution is -1.95. The van der Waals surface area contributed by atoms with Gasteiger partial charge in [0.25, 0.3) is 0 Å². The normalized spacial score (nSPS) is 24.8. The van der Waals surface area contributed by atoms with E-state index in [1.54, 1.807) is 0 Å². The molecule has 2 unspecified atom stereocenters. The largest absolute Gasteiger partial charge is 0.494 e. The van der Waals surface area contributed by atoms with Crippen LogP contribution in [0.5, 0.6) is 5.75 Å². The summed E-state index contributed by atoms with van der Waals surface area (Å²) in [5.74, 6) is 0.976. The fourth-order valence-electron chi connectivity index (χ4n) is 1.70. The van der Waals surface area contributed by atoms with Gasteiger partial charge in [-0.1, -0.05) is 6.07 Å². The first-order chi connectivity index (χ1) is 6.72. The Hall–Kier alpha value is -1.02. The van der Waals surface area contributed by atoms with Gasteiger partial charge >= 0.3 is 0 Å². The summed E-state index contributed by atoms with van der Waals surface area (Å²) < 4.78 is 10.9. The van der Waals surface area contributed by atoms with Crippen molar-refractivity contribution in [2.75, 3.05) is 6.61 Å². The molecule has 2 nitrogen and oxygen atoms in total. The van der Waals surface area contributed by atoms with Crippen LogP contribution in [0, 0.1) is 6.92 Å². The molecule has 0 amide bonds. The summed E-state index contributed by atoms with van der Waals surface area (Å²) in [4.78, 5) is 0. The molecule has 76 valence electrons. The summed E-state index contributed by atoms with van der Waals surface area (Å²) in [6.07, 6.45) is 0.691. The number of aryl methyl sites for hydroxylation is 1. The van der Waals surface area contributed by atoms with E-state index in [4.69, 9.17) is 9.47 Å². The van der Waals surface area contributed by atoms with Crippen molar-refractivity contribution in [3.63, 3.8) is 0 Å². The van der Waals surface area contributed by atoms with E-state index in [1.807, 2.05) is 13.0 Å². The first kappa shape index (κ1) is 9.53. The molecule has 1 fully saturated rings. The molecule has 14 heavy (non-hydrogen) atoms. The van der Waals surface area contributed by atoms with E-state index in [2.05, 4.69) is 26.0 Å². The average Bonchev–Trinajstić information content (AvgIpc) is 2.87. The Morgan fingerprint density at radius 3 is 2.64 bits per heavy atom. The molecule has 1 aliphatic rings. The highest BCUT2D eigenvalue weighted by Crippen LogP contribution is 2.39. The lowest BCUT2D eigenvalue weighted by atomic mass is 10.1. The second kappa shape index (κ2) is 3.62. The maximum atomic E-state index is 5.48. The molecule has 1 aromatic carbocycles. The fraction of sp³-hybridized carbons (Fsp3) is 0.500. The Morgan fingerprint density at radius 2 is 2.14 bits per heavy atom. The summed E-state index contributed by atoms with van der Waals surface area (Å²) in [5, 5.41) is 0. The minimum absolute atomic E-state index is 0.310. The highest BCUT2D eigenvalue weighted by Gasteiger charge is 2.35. The maximum absolute atomic E-state index is 5.48. The van der Waals surface area contributed by atoms with Crippen molar-refractivity contribution in [2.24, 2.45) is 0 Å². The second-order valence-corrected chi connectivity index (χ2v) is 3.72. The van der Waals surface area contributed by atoms with Gasteiger partial charge in [0, 0.05) is 0 Å². The lowest BCUT2D eigenvalue weighted by Gasteiger charge is -2.07. The van der Waals surface area contributed by atoms with Crippen molar-refractivity contribution in [3.8, 4) is 5.75 Å². The second-order valence-electron chi connectivity index (χ2n) is 3.72. The molecule has 1 aromatic rings. The van der Waals surface area contributed by atoms with Crippen molar-refractivity contribution >= 4 is 0 Å². The predicted octanol–water partition coefficient (Wildman–Crippen LogP) is 2.85. The molecule has 0 aromatic heterocycles. The van der Waals surface area contributed by atoms with Gasteiger partial charge in [0.05, 0.1) is 12.7 Å². The molecule has 2 rings (SSSR count). The zero-order valence-electron chi connectivity index (χ0n) is 8.91. The third-order valence-electron chi connectivity index (χ3n) is 2.54. The molecule has 0 saturated carbocycles. The standard InChI is InChI=1S/C12H16O2/c1-4-13-11-6-5-10(7-8(11)2)12-9(3)14-12/h5-7,9,12H,4H2,1-3H3. The van der Waals surface area contributed by atoms with Gasteiger partial charge in [-0.15, -0.1) is 0 Å². The molecule has 2 heteroatoms. The van der Waals surface area contributed by atoms with E-state index >= 15 is 0 Å². The number of hydrogen-bond acceptors (Lipinski definition) is 2. The van der Waals surface area contributed by atoms with Crippen LogP contribution in [0.4, 0.5) is 0 Å². The Morgan fingerprint density at radius 1 is 1.43 bits per heavy atom. The van der Waals surface area contributed by atoms with Gasteiger partial charge in [-0.2, -0.15) is 0 Å². The number of ether oxygens (including phenoxy) is 2. The van der Waals surface area contributed by atoms with Crippen molar-refractivity contribution < 1.29 is 9.47 Å². The molecule has 0 radical (unpaired) electrons. The Kier molecular flexibility index (Phi) is 2.46. The van der Waals surface area contributed by atoms with E-state index in [0.29, 0.717) is 12.2 Å². The van der Waals surface area contributed by atoms with Gasteiger partial charge in [-0.25, -0.2) is 0 Å². The molecule has 0 bridgehead atoms. The fourth-order valence-corrected chi connectivity index (χ4v) is 1.70. The van der Waals surface area contributed by atoms with Gasteiger partial charge in [0.2, 0.25) is 0 Å². The first-order valence-electron chi connectivity index (χ1n) is 5.11. The summed E-state index contributed by atoms with van der Waals surface area (Å²) in [5.41, 5.74) is 2.45. The van der Waals surface area contributed by atoms with Gasteiger partial charge in [0.1, 0.15) is 11.9 Å². The molecule has 0 spiro atoms. The molecular weight excluding hydrogens is 176 g/mol. The zero-order valence-corrected chi connectivity index (χ0v) is 8.91. The van der Waals surface area contributed by atoms with E-state index in [9.17, 15) is 0 Å². The SMILES string of the molecule is CCOc1ccc(C2OC2C)cc1C. The molecule has 0 aliphatic carbocycles. The molecule has 1 saturated heterocycles. The highest BCUT2D eigenvalue weighted by molar-refractivity contribution is 5.38. The van der Waals surface area contributed by atoms with Crippen LogP contribution in [0.25, 0.3) is 0 Å². The molecule has 2 atom stereocenters. The van der Waals surface area contributed by atoms with Crippen LogP contribution in [0.2, 0.25) is 0 Å². The van der Waals surface area contributed by atoms with Gasteiger partial charge in [-0.3, -0.25) is 0 Å². The van der Waals surface area contributed by atoms with E-state index < -0.39 is 0 Å². The Balaban J connectivity index is 2.18. The van der Waals surface area contributed by atoms with Crippen LogP contribution in [0.1, 0.15) is 31.1 Å². The quantitative estimate of drug-likeness (QED) is 0.687. The van der Waals surface area contributed by atoms with E-state index in [-0.39, 0.29) is 0 Å². The molecular formula is C12H16O2. The summed E-state index contributed by atoms with van der Waals surface area (Å²) >= 11 is 0. The number of benzene rings is 1. The smallest absolute Gasteiger partial charge is 0.122 e. The molecule has 1 heterocycles. The van der Waals surface area contributed by atoms with Crippen LogP contribution in [-0.2, 0) is 4.74 Å². The molecule has 0 N–H and O–H groups in total. The third-order valence-corrected chi connectivity index (χ3v) is 2.54. The third kappa shape index (κ3) is 1.75. The van der Waals surface area contributed by atoms with E-state index in [0.717, 1.165) is 12.4 Å². The van der Waals surface area contributed by atoms with Crippen molar-refractivity contribution in [1.82, 2.24) is 0 Å². The van der Waals surface area contributed by atoms with Crippen LogP contribution in [0.3, 0.4) is 0 Å². The van der Waals surface area contributed by atoms with Crippen LogP contribution < -0.4 is 4.74 Å². The van der Waals surface area contributed by atoms with Crippen molar-refractivity contribution in [2.45, 2.75) is 33.0 Å². The monoisotopic (exact) mass is 192 g/mol. The number of epoxide rings is 1. The predicted molar refractivity (Wildman–Crippen MR) is 55.6 cm³/mol. The topological polar surface area (TPSA) is 21.8 Å². The number of rotatable bonds is 3.